The Balaban J connectivity index is 0.000000223. The second-order valence-electron chi connectivity index (χ2n) is 29.0. The molecular formula is C74H99Cl3F6N10O9. The van der Waals surface area contributed by atoms with Crippen LogP contribution in [0.25, 0.3) is 0 Å². The molecule has 5 aliphatic rings. The normalized spacial score (nSPS) is 19.0. The molecule has 19 nitrogen and oxygen atoms in total. The largest absolute Gasteiger partial charge is 0.423 e. The lowest BCUT2D eigenvalue weighted by molar-refractivity contribution is -0.388. The van der Waals surface area contributed by atoms with E-state index in [1.54, 1.807) is 0 Å². The number of alkyl halides is 8. The minimum Gasteiger partial charge on any atom is -0.393 e. The molecule has 5 fully saturated rings. The van der Waals surface area contributed by atoms with E-state index in [9.17, 15) is 66.1 Å². The molecule has 2 amide bonds. The zero-order valence-electron chi connectivity index (χ0n) is 59.7. The Morgan fingerprint density at radius 1 is 0.500 bits per heavy atom. The maximum Gasteiger partial charge on any atom is 0.423 e. The first-order chi connectivity index (χ1) is 47.8. The Morgan fingerprint density at radius 2 is 0.824 bits per heavy atom. The van der Waals surface area contributed by atoms with Crippen LogP contribution in [0, 0.1) is 20.2 Å². The van der Waals surface area contributed by atoms with Crippen LogP contribution in [-0.4, -0.2) is 163 Å². The molecule has 0 bridgehead atoms. The minimum atomic E-state index is -4.82. The zero-order chi connectivity index (χ0) is 75.3. The van der Waals surface area contributed by atoms with E-state index in [0.717, 1.165) is 95.4 Å². The van der Waals surface area contributed by atoms with E-state index in [0.29, 0.717) is 64.5 Å². The van der Waals surface area contributed by atoms with Crippen LogP contribution in [0.4, 0.5) is 66.2 Å². The van der Waals surface area contributed by atoms with Gasteiger partial charge >= 0.3 is 12.4 Å². The van der Waals surface area contributed by atoms with Crippen molar-refractivity contribution in [3.05, 3.63) is 157 Å². The summed E-state index contributed by atoms with van der Waals surface area (Å²) in [4.78, 5) is 64.0. The van der Waals surface area contributed by atoms with Crippen LogP contribution in [0.15, 0.2) is 109 Å². The summed E-state index contributed by atoms with van der Waals surface area (Å²) in [5.74, 6) is -0.00935. The van der Waals surface area contributed by atoms with Crippen molar-refractivity contribution in [1.29, 1.82) is 0 Å². The maximum absolute atomic E-state index is 13.3. The Morgan fingerprint density at radius 3 is 1.13 bits per heavy atom. The quantitative estimate of drug-likeness (QED) is 0.0267. The van der Waals surface area contributed by atoms with E-state index in [1.165, 1.54) is 40.2 Å². The predicted molar refractivity (Wildman–Crippen MR) is 394 cm³/mol. The lowest BCUT2D eigenvalue weighted by atomic mass is 9.87. The van der Waals surface area contributed by atoms with Gasteiger partial charge < -0.3 is 50.3 Å². The first-order valence-corrected chi connectivity index (χ1v) is 36.0. The average molecular weight is 1490 g/mol. The van der Waals surface area contributed by atoms with Gasteiger partial charge in [0.25, 0.3) is 11.4 Å². The number of piperazine rings is 3. The first kappa shape index (κ1) is 83.8. The molecule has 3 heterocycles. The number of anilines is 5. The molecule has 0 spiro atoms. The summed E-state index contributed by atoms with van der Waals surface area (Å²) in [6.07, 6.45) is -4.89. The molecule has 10 rings (SSSR count). The lowest BCUT2D eigenvalue weighted by Crippen LogP contribution is -2.50. The summed E-state index contributed by atoms with van der Waals surface area (Å²) in [6, 6.07) is 32.2. The highest BCUT2D eigenvalue weighted by Crippen LogP contribution is 2.40. The number of aliphatic hydroxyl groups is 1. The Kier molecular flexibility index (Phi) is 31.2. The van der Waals surface area contributed by atoms with Crippen molar-refractivity contribution >= 4 is 91.7 Å². The monoisotopic (exact) mass is 1490 g/mol. The third-order valence-electron chi connectivity index (χ3n) is 18.4. The standard InChI is InChI=1S/C29H37F3N4O4.C16H23ClN2O.C14H22N2.C13H15F3N2O3.C2H2Cl2O/c1-28(2,3)20-4-9-23(10-5-20)34-14-16-35(17-15-34)27(37)19-40-24-11-6-21(7-12-24)33-22-8-13-26(36(38)39)25(18-22)29(30,31)32;1-16(2,3)13-4-6-14(7-5-13)18-8-10-19(11-9-18)15(20)12-17;1-14(2,3)12-4-6-13(7-5-12)16-10-8-15-9-11-16;14-13(15,16)11-7-9(3-6-12(11)18(20)21)17-8-1-4-10(19)5-2-8;3-1-2(4)5/h4-5,8-10,13,18,21,24,33H,6-7,11-12,14-17,19H2,1-3H3;4-7H,8-12H2,1-3H3;4-7,15H,8-11H2,1-3H3;3,6-8,10,17,19H,1-2,4-5H2;1H2. The highest BCUT2D eigenvalue weighted by molar-refractivity contribution is 6.67. The average Bonchev–Trinajstić information content (AvgIpc) is 0.824. The molecule has 4 N–H and O–H groups in total. The molecule has 0 aromatic heterocycles. The number of carbonyl (C=O) groups is 3. The van der Waals surface area contributed by atoms with Crippen LogP contribution in [0.5, 0.6) is 0 Å². The van der Waals surface area contributed by atoms with E-state index in [-0.39, 0.29) is 82.1 Å². The first-order valence-electron chi connectivity index (χ1n) is 34.5. The second-order valence-corrected chi connectivity index (χ2v) is 30.0. The van der Waals surface area contributed by atoms with Crippen molar-refractivity contribution in [2.75, 3.05) is 122 Å². The van der Waals surface area contributed by atoms with Crippen molar-refractivity contribution in [1.82, 2.24) is 15.1 Å². The van der Waals surface area contributed by atoms with Crippen LogP contribution < -0.4 is 30.7 Å². The van der Waals surface area contributed by atoms with Gasteiger partial charge in [0.2, 0.25) is 17.1 Å². The molecule has 0 radical (unpaired) electrons. The number of aliphatic hydroxyl groups excluding tert-OH is 1. The number of nitrogens with zero attached hydrogens (tertiary/aromatic N) is 7. The number of nitrogens with one attached hydrogen (secondary N) is 3. The number of amides is 2. The summed E-state index contributed by atoms with van der Waals surface area (Å²) >= 11 is 15.1. The summed E-state index contributed by atoms with van der Waals surface area (Å²) in [5, 5.41) is 39.9. The summed E-state index contributed by atoms with van der Waals surface area (Å²) in [7, 11) is 0. The molecule has 3 saturated heterocycles. The smallest absolute Gasteiger partial charge is 0.393 e. The molecule has 0 atom stereocenters. The SMILES string of the molecule is CC(C)(C)c1ccc(N2CCN(C(=O)CCl)CC2)cc1.CC(C)(C)c1ccc(N2CCN(C(=O)COC3CCC(Nc4ccc([N+](=O)[O-])c(C(F)(F)F)c4)CC3)CC2)cc1.CC(C)(C)c1ccc(N2CCNCC2)cc1.O=C(Cl)CCl.O=[N+]([O-])c1ccc(NC2CCC(O)CC2)cc1C(F)(F)F. The highest BCUT2D eigenvalue weighted by Gasteiger charge is 2.40. The van der Waals surface area contributed by atoms with Gasteiger partial charge in [-0.1, -0.05) is 98.7 Å². The van der Waals surface area contributed by atoms with Crippen molar-refractivity contribution < 1.29 is 60.4 Å². The van der Waals surface area contributed by atoms with E-state index in [2.05, 4.69) is 166 Å². The summed E-state index contributed by atoms with van der Waals surface area (Å²) < 4.78 is 84.3. The van der Waals surface area contributed by atoms with Gasteiger partial charge in [0.05, 0.1) is 27.9 Å². The number of rotatable bonds is 14. The van der Waals surface area contributed by atoms with Gasteiger partial charge in [-0.2, -0.15) is 26.3 Å². The third-order valence-corrected chi connectivity index (χ3v) is 19.2. The van der Waals surface area contributed by atoms with Crippen LogP contribution >= 0.6 is 34.8 Å². The molecular weight excluding hydrogens is 1390 g/mol. The minimum absolute atomic E-state index is 0.0142. The molecule has 28 heteroatoms. The zero-order valence-corrected chi connectivity index (χ0v) is 62.0. The number of nitro benzene ring substituents is 2. The Labute approximate surface area is 610 Å². The fourth-order valence-electron chi connectivity index (χ4n) is 12.3. The van der Waals surface area contributed by atoms with Gasteiger partial charge in [-0.25, -0.2) is 0 Å². The number of halogens is 9. The molecule has 0 unspecified atom stereocenters. The topological polar surface area (TPSA) is 219 Å². The maximum atomic E-state index is 13.3. The van der Waals surface area contributed by atoms with Crippen LogP contribution in [0.3, 0.4) is 0 Å². The van der Waals surface area contributed by atoms with Gasteiger partial charge in [-0.3, -0.25) is 34.6 Å². The number of ether oxygens (including phenoxy) is 1. The van der Waals surface area contributed by atoms with E-state index >= 15 is 0 Å². The number of nitro groups is 2. The Bertz CT molecular complexity index is 3480. The van der Waals surface area contributed by atoms with Crippen LogP contribution in [-0.2, 0) is 47.7 Å². The van der Waals surface area contributed by atoms with E-state index in [4.69, 9.17) is 39.5 Å². The van der Waals surface area contributed by atoms with Gasteiger partial charge in [-0.05, 0) is 157 Å². The fourth-order valence-corrected chi connectivity index (χ4v) is 12.5. The van der Waals surface area contributed by atoms with Gasteiger partial charge in [0.15, 0.2) is 0 Å². The third kappa shape index (κ3) is 26.5. The van der Waals surface area contributed by atoms with Crippen molar-refractivity contribution in [2.24, 2.45) is 0 Å². The molecule has 102 heavy (non-hydrogen) atoms. The lowest BCUT2D eigenvalue weighted by Gasteiger charge is -2.37. The van der Waals surface area contributed by atoms with Crippen molar-refractivity contribution in [3.63, 3.8) is 0 Å². The van der Waals surface area contributed by atoms with E-state index < -0.39 is 49.9 Å². The Hall–Kier alpha value is -7.16. The molecule has 2 aliphatic carbocycles. The van der Waals surface area contributed by atoms with Crippen LogP contribution in [0.2, 0.25) is 0 Å². The number of benzene rings is 5. The van der Waals surface area contributed by atoms with Crippen molar-refractivity contribution in [2.45, 2.75) is 167 Å². The molecule has 562 valence electrons. The molecule has 5 aromatic carbocycles. The number of hydrogen-bond donors (Lipinski definition) is 4. The molecule has 5 aromatic rings. The summed E-state index contributed by atoms with van der Waals surface area (Å²) in [5.41, 5.74) is 4.29. The summed E-state index contributed by atoms with van der Waals surface area (Å²) in [6.45, 7) is 30.5. The number of hydrogen-bond acceptors (Lipinski definition) is 15. The molecule has 3 aliphatic heterocycles. The fraction of sp³-hybridized carbons (Fsp3) is 0.554. The second kappa shape index (κ2) is 38.0. The van der Waals surface area contributed by atoms with Crippen molar-refractivity contribution in [3.8, 4) is 0 Å². The van der Waals surface area contributed by atoms with E-state index in [1.807, 2.05) is 9.80 Å². The van der Waals surface area contributed by atoms with Gasteiger partial charge in [0, 0.05) is 131 Å². The van der Waals surface area contributed by atoms with Gasteiger partial charge in [0.1, 0.15) is 23.6 Å². The van der Waals surface area contributed by atoms with Gasteiger partial charge in [-0.15, -0.1) is 23.2 Å². The number of carbonyl (C=O) groups excluding carboxylic acids is 3. The predicted octanol–water partition coefficient (Wildman–Crippen LogP) is 15.6. The highest BCUT2D eigenvalue weighted by atomic mass is 35.5. The molecule has 2 saturated carbocycles. The van der Waals surface area contributed by atoms with Crippen LogP contribution in [0.1, 0.15) is 141 Å².